The molecular formula is C16H18N4O5S. The SMILES string of the molecule is COC(=O)c1cn([C@@H]2CO[C@@H]3[C@@H]2OC[C@@H]3NC(=O)Cc2cccs2)nn1. The van der Waals surface area contributed by atoms with E-state index in [2.05, 4.69) is 20.4 Å². The number of ether oxygens (including phenoxy) is 3. The fourth-order valence-corrected chi connectivity index (χ4v) is 4.00. The Bertz CT molecular complexity index is 792. The van der Waals surface area contributed by atoms with E-state index in [1.54, 1.807) is 16.0 Å². The molecule has 0 unspecified atom stereocenters. The number of nitrogens with one attached hydrogen (secondary N) is 1. The minimum Gasteiger partial charge on any atom is -0.464 e. The van der Waals surface area contributed by atoms with Crippen LogP contribution in [-0.4, -0.2) is 65.4 Å². The van der Waals surface area contributed by atoms with Crippen molar-refractivity contribution in [1.82, 2.24) is 20.3 Å². The molecule has 0 bridgehead atoms. The monoisotopic (exact) mass is 378 g/mol. The lowest BCUT2D eigenvalue weighted by Gasteiger charge is -2.17. The van der Waals surface area contributed by atoms with Crippen LogP contribution in [0.1, 0.15) is 21.4 Å². The summed E-state index contributed by atoms with van der Waals surface area (Å²) >= 11 is 1.55. The zero-order valence-corrected chi connectivity index (χ0v) is 14.8. The van der Waals surface area contributed by atoms with Crippen molar-refractivity contribution < 1.29 is 23.8 Å². The number of rotatable bonds is 5. The molecule has 9 nitrogen and oxygen atoms in total. The molecule has 2 aliphatic heterocycles. The summed E-state index contributed by atoms with van der Waals surface area (Å²) in [5.41, 5.74) is 0.134. The molecule has 26 heavy (non-hydrogen) atoms. The maximum Gasteiger partial charge on any atom is 0.360 e. The molecule has 2 aliphatic rings. The van der Waals surface area contributed by atoms with Crippen molar-refractivity contribution in [1.29, 1.82) is 0 Å². The molecule has 0 aliphatic carbocycles. The summed E-state index contributed by atoms with van der Waals surface area (Å²) in [4.78, 5) is 24.8. The predicted molar refractivity (Wildman–Crippen MR) is 89.8 cm³/mol. The predicted octanol–water partition coefficient (Wildman–Crippen LogP) is 0.192. The Morgan fingerprint density at radius 1 is 1.38 bits per heavy atom. The molecule has 1 amide bonds. The summed E-state index contributed by atoms with van der Waals surface area (Å²) in [5.74, 6) is -0.597. The lowest BCUT2D eigenvalue weighted by molar-refractivity contribution is -0.121. The Morgan fingerprint density at radius 2 is 2.23 bits per heavy atom. The number of carbonyl (C=O) groups excluding carboxylic acids is 2. The number of esters is 1. The van der Waals surface area contributed by atoms with Crippen molar-refractivity contribution in [3.63, 3.8) is 0 Å². The molecule has 138 valence electrons. The highest BCUT2D eigenvalue weighted by Crippen LogP contribution is 2.34. The van der Waals surface area contributed by atoms with Gasteiger partial charge in [-0.3, -0.25) is 4.79 Å². The highest BCUT2D eigenvalue weighted by molar-refractivity contribution is 7.10. The van der Waals surface area contributed by atoms with Gasteiger partial charge in [-0.1, -0.05) is 11.3 Å². The van der Waals surface area contributed by atoms with Gasteiger partial charge >= 0.3 is 5.97 Å². The van der Waals surface area contributed by atoms with E-state index >= 15 is 0 Å². The van der Waals surface area contributed by atoms with E-state index in [9.17, 15) is 9.59 Å². The molecule has 4 heterocycles. The van der Waals surface area contributed by atoms with E-state index in [1.165, 1.54) is 13.3 Å². The van der Waals surface area contributed by atoms with Crippen LogP contribution in [0.4, 0.5) is 0 Å². The van der Waals surface area contributed by atoms with Gasteiger partial charge in [0, 0.05) is 4.88 Å². The smallest absolute Gasteiger partial charge is 0.360 e. The largest absolute Gasteiger partial charge is 0.464 e. The number of methoxy groups -OCH3 is 1. The number of carbonyl (C=O) groups is 2. The molecule has 4 atom stereocenters. The summed E-state index contributed by atoms with van der Waals surface area (Å²) in [5, 5.41) is 12.7. The van der Waals surface area contributed by atoms with Crippen LogP contribution >= 0.6 is 11.3 Å². The van der Waals surface area contributed by atoms with Crippen LogP contribution in [0.2, 0.25) is 0 Å². The first-order valence-electron chi connectivity index (χ1n) is 8.21. The van der Waals surface area contributed by atoms with Crippen LogP contribution in [-0.2, 0) is 25.4 Å². The summed E-state index contributed by atoms with van der Waals surface area (Å²) in [6.45, 7) is 0.747. The van der Waals surface area contributed by atoms with Gasteiger partial charge in [-0.15, -0.1) is 16.4 Å². The van der Waals surface area contributed by atoms with Crippen LogP contribution in [0.5, 0.6) is 0 Å². The second kappa shape index (κ2) is 7.14. The Balaban J connectivity index is 1.38. The van der Waals surface area contributed by atoms with Gasteiger partial charge in [0.25, 0.3) is 0 Å². The van der Waals surface area contributed by atoms with Gasteiger partial charge in [0.05, 0.1) is 39.0 Å². The van der Waals surface area contributed by atoms with Gasteiger partial charge in [0.2, 0.25) is 5.91 Å². The molecule has 0 radical (unpaired) electrons. The molecule has 2 aromatic heterocycles. The van der Waals surface area contributed by atoms with Crippen LogP contribution < -0.4 is 5.32 Å². The second-order valence-corrected chi connectivity index (χ2v) is 7.20. The van der Waals surface area contributed by atoms with Crippen molar-refractivity contribution in [3.8, 4) is 0 Å². The maximum absolute atomic E-state index is 12.2. The van der Waals surface area contributed by atoms with Gasteiger partial charge in [-0.2, -0.15) is 0 Å². The lowest BCUT2D eigenvalue weighted by Crippen LogP contribution is -2.44. The summed E-state index contributed by atoms with van der Waals surface area (Å²) in [6, 6.07) is 3.45. The van der Waals surface area contributed by atoms with Crippen molar-refractivity contribution in [2.45, 2.75) is 30.7 Å². The molecule has 0 aromatic carbocycles. The molecule has 2 aromatic rings. The topological polar surface area (TPSA) is 105 Å². The van der Waals surface area contributed by atoms with E-state index in [0.717, 1.165) is 4.88 Å². The summed E-state index contributed by atoms with van der Waals surface area (Å²) in [6.07, 6.45) is 1.36. The minimum absolute atomic E-state index is 0.0533. The van der Waals surface area contributed by atoms with E-state index in [-0.39, 0.29) is 35.9 Å². The molecule has 0 spiro atoms. The molecule has 1 N–H and O–H groups in total. The van der Waals surface area contributed by atoms with Crippen molar-refractivity contribution in [3.05, 3.63) is 34.3 Å². The van der Waals surface area contributed by atoms with E-state index in [1.807, 2.05) is 17.5 Å². The molecule has 2 saturated heterocycles. The van der Waals surface area contributed by atoms with Crippen molar-refractivity contribution in [2.24, 2.45) is 0 Å². The Hall–Kier alpha value is -2.30. The second-order valence-electron chi connectivity index (χ2n) is 6.17. The Labute approximate surface area is 153 Å². The normalized spacial score (nSPS) is 27.3. The van der Waals surface area contributed by atoms with Crippen LogP contribution in [0, 0.1) is 0 Å². The number of thiophene rings is 1. The Morgan fingerprint density at radius 3 is 3.00 bits per heavy atom. The van der Waals surface area contributed by atoms with Crippen LogP contribution in [0.3, 0.4) is 0 Å². The minimum atomic E-state index is -0.544. The van der Waals surface area contributed by atoms with E-state index < -0.39 is 5.97 Å². The average molecular weight is 378 g/mol. The summed E-state index contributed by atoms with van der Waals surface area (Å²) in [7, 11) is 1.29. The number of hydrogen-bond acceptors (Lipinski definition) is 8. The van der Waals surface area contributed by atoms with E-state index in [4.69, 9.17) is 9.47 Å². The molecule has 2 fully saturated rings. The zero-order valence-electron chi connectivity index (χ0n) is 14.0. The van der Waals surface area contributed by atoms with E-state index in [0.29, 0.717) is 19.6 Å². The van der Waals surface area contributed by atoms with Gasteiger partial charge in [0.15, 0.2) is 5.69 Å². The first-order valence-corrected chi connectivity index (χ1v) is 9.09. The number of fused-ring (bicyclic) bond motifs is 1. The van der Waals surface area contributed by atoms with Gasteiger partial charge in [-0.05, 0) is 11.4 Å². The standard InChI is InChI=1S/C16H18N4O5S/c1-23-16(22)10-6-20(19-18-10)12-8-25-14-11(7-24-15(12)14)17-13(21)5-9-3-2-4-26-9/h2-4,6,11-12,14-15H,5,7-8H2,1H3,(H,17,21)/t11-,12+,14-,15+/m0/s1. The van der Waals surface area contributed by atoms with Crippen LogP contribution in [0.25, 0.3) is 0 Å². The fourth-order valence-electron chi connectivity index (χ4n) is 3.30. The number of amides is 1. The van der Waals surface area contributed by atoms with Gasteiger partial charge in [0.1, 0.15) is 18.2 Å². The number of hydrogen-bond donors (Lipinski definition) is 1. The highest BCUT2D eigenvalue weighted by atomic mass is 32.1. The average Bonchev–Trinajstić information content (AvgIpc) is 3.39. The lowest BCUT2D eigenvalue weighted by atomic mass is 10.1. The quantitative estimate of drug-likeness (QED) is 0.741. The van der Waals surface area contributed by atoms with Crippen molar-refractivity contribution in [2.75, 3.05) is 20.3 Å². The third-order valence-electron chi connectivity index (χ3n) is 4.53. The maximum atomic E-state index is 12.2. The first kappa shape index (κ1) is 17.1. The third kappa shape index (κ3) is 3.22. The number of nitrogens with zero attached hydrogens (tertiary/aromatic N) is 3. The van der Waals surface area contributed by atoms with Crippen LogP contribution in [0.15, 0.2) is 23.7 Å². The Kier molecular flexibility index (Phi) is 4.70. The molecular weight excluding hydrogens is 360 g/mol. The fraction of sp³-hybridized carbons (Fsp3) is 0.500. The van der Waals surface area contributed by atoms with Gasteiger partial charge in [-0.25, -0.2) is 9.48 Å². The zero-order chi connectivity index (χ0) is 18.1. The third-order valence-corrected chi connectivity index (χ3v) is 5.41. The molecule has 10 heteroatoms. The molecule has 4 rings (SSSR count). The highest BCUT2D eigenvalue weighted by Gasteiger charge is 2.49. The summed E-state index contributed by atoms with van der Waals surface area (Å²) < 4.78 is 17.9. The van der Waals surface area contributed by atoms with Crippen molar-refractivity contribution >= 4 is 23.2 Å². The van der Waals surface area contributed by atoms with Gasteiger partial charge < -0.3 is 19.5 Å². The number of aromatic nitrogens is 3. The first-order chi connectivity index (χ1) is 12.7. The molecule has 0 saturated carbocycles.